The zero-order valence-corrected chi connectivity index (χ0v) is 17.9. The molecule has 4 rings (SSSR count). The predicted octanol–water partition coefficient (Wildman–Crippen LogP) is 2.25. The second-order valence-corrected chi connectivity index (χ2v) is 11.2. The number of hydrogen-bond donors (Lipinski definition) is 1. The van der Waals surface area contributed by atoms with Crippen molar-refractivity contribution in [2.24, 2.45) is 0 Å². The van der Waals surface area contributed by atoms with Gasteiger partial charge >= 0.3 is 0 Å². The minimum atomic E-state index is -3.75. The molecular formula is C19H23N3O6S2. The molecule has 0 saturated carbocycles. The van der Waals surface area contributed by atoms with Crippen LogP contribution in [0.25, 0.3) is 0 Å². The summed E-state index contributed by atoms with van der Waals surface area (Å²) in [6, 6.07) is 9.04. The summed E-state index contributed by atoms with van der Waals surface area (Å²) in [5.41, 5.74) is 0.982. The maximum atomic E-state index is 12.6. The van der Waals surface area contributed by atoms with Crippen molar-refractivity contribution in [2.75, 3.05) is 35.0 Å². The van der Waals surface area contributed by atoms with Crippen molar-refractivity contribution >= 4 is 37.3 Å². The molecule has 2 saturated heterocycles. The second kappa shape index (κ2) is 8.05. The summed E-state index contributed by atoms with van der Waals surface area (Å²) in [7, 11) is -7.02. The molecule has 1 aromatic carbocycles. The molecule has 1 amide bonds. The molecule has 0 radical (unpaired) electrons. The third-order valence-electron chi connectivity index (χ3n) is 5.23. The Bertz CT molecular complexity index is 1130. The van der Waals surface area contributed by atoms with E-state index in [2.05, 4.69) is 5.32 Å². The highest BCUT2D eigenvalue weighted by Crippen LogP contribution is 2.26. The lowest BCUT2D eigenvalue weighted by Crippen LogP contribution is -2.35. The Morgan fingerprint density at radius 2 is 1.63 bits per heavy atom. The van der Waals surface area contributed by atoms with Gasteiger partial charge in [0.2, 0.25) is 15.1 Å². The third kappa shape index (κ3) is 4.09. The first kappa shape index (κ1) is 20.9. The summed E-state index contributed by atoms with van der Waals surface area (Å²) >= 11 is 0. The molecule has 1 N–H and O–H groups in total. The second-order valence-electron chi connectivity index (χ2n) is 7.33. The van der Waals surface area contributed by atoms with Crippen LogP contribution >= 0.6 is 0 Å². The van der Waals surface area contributed by atoms with Crippen LogP contribution in [0.5, 0.6) is 0 Å². The molecule has 30 heavy (non-hydrogen) atoms. The smallest absolute Gasteiger partial charge is 0.291 e. The fourth-order valence-corrected chi connectivity index (χ4v) is 6.64. The van der Waals surface area contributed by atoms with E-state index in [0.29, 0.717) is 37.4 Å². The summed E-state index contributed by atoms with van der Waals surface area (Å²) in [5, 5.41) is 2.39. The van der Waals surface area contributed by atoms with Crippen LogP contribution in [0.1, 0.15) is 36.2 Å². The number of piperidine rings is 1. The molecule has 3 heterocycles. The number of carbonyl (C=O) groups is 1. The van der Waals surface area contributed by atoms with Gasteiger partial charge in [-0.15, -0.1) is 0 Å². The van der Waals surface area contributed by atoms with Gasteiger partial charge in [0, 0.05) is 25.3 Å². The van der Waals surface area contributed by atoms with E-state index >= 15 is 0 Å². The first-order valence-corrected chi connectivity index (χ1v) is 12.8. The molecule has 2 aromatic rings. The molecule has 9 nitrogen and oxygen atoms in total. The minimum Gasteiger partial charge on any atom is -0.438 e. The third-order valence-corrected chi connectivity index (χ3v) is 8.87. The zero-order valence-electron chi connectivity index (χ0n) is 16.3. The van der Waals surface area contributed by atoms with Crippen molar-refractivity contribution in [1.29, 1.82) is 0 Å². The van der Waals surface area contributed by atoms with E-state index in [4.69, 9.17) is 4.42 Å². The van der Waals surface area contributed by atoms with Gasteiger partial charge in [0.15, 0.2) is 5.76 Å². The van der Waals surface area contributed by atoms with Gasteiger partial charge in [0.1, 0.15) is 0 Å². The standard InChI is InChI=1S/C19H23N3O6S2/c23-19(17-9-10-18(28-17)30(26,27)21-11-2-1-3-12-21)20-15-5-7-16(8-6-15)22-13-4-14-29(22,24)25/h5-10H,1-4,11-14H2,(H,20,23). The Hall–Kier alpha value is -2.37. The van der Waals surface area contributed by atoms with Crippen LogP contribution in [-0.2, 0) is 20.0 Å². The number of amides is 1. The van der Waals surface area contributed by atoms with Crippen LogP contribution in [0.15, 0.2) is 45.9 Å². The molecule has 0 bridgehead atoms. The molecule has 2 aliphatic rings. The lowest BCUT2D eigenvalue weighted by molar-refractivity contribution is 0.0991. The molecule has 1 aromatic heterocycles. The van der Waals surface area contributed by atoms with E-state index in [1.54, 1.807) is 24.3 Å². The maximum absolute atomic E-state index is 12.6. The first-order chi connectivity index (χ1) is 14.3. The molecule has 0 aliphatic carbocycles. The van der Waals surface area contributed by atoms with Crippen molar-refractivity contribution in [3.63, 3.8) is 0 Å². The van der Waals surface area contributed by atoms with Crippen LogP contribution in [0.4, 0.5) is 11.4 Å². The number of anilines is 2. The average Bonchev–Trinajstić information content (AvgIpc) is 3.36. The minimum absolute atomic E-state index is 0.114. The molecular weight excluding hydrogens is 430 g/mol. The highest BCUT2D eigenvalue weighted by molar-refractivity contribution is 7.93. The number of nitrogens with zero attached hydrogens (tertiary/aromatic N) is 2. The molecule has 0 unspecified atom stereocenters. The molecule has 0 atom stereocenters. The highest BCUT2D eigenvalue weighted by Gasteiger charge is 2.30. The molecule has 11 heteroatoms. The van der Waals surface area contributed by atoms with Gasteiger partial charge in [-0.05, 0) is 55.7 Å². The van der Waals surface area contributed by atoms with E-state index in [1.165, 1.54) is 20.7 Å². The quantitative estimate of drug-likeness (QED) is 0.742. The van der Waals surface area contributed by atoms with Crippen molar-refractivity contribution in [3.05, 3.63) is 42.2 Å². The van der Waals surface area contributed by atoms with Crippen LogP contribution < -0.4 is 9.62 Å². The van der Waals surface area contributed by atoms with Crippen LogP contribution in [0.3, 0.4) is 0 Å². The van der Waals surface area contributed by atoms with Gasteiger partial charge in [0.25, 0.3) is 15.9 Å². The number of rotatable bonds is 5. The largest absolute Gasteiger partial charge is 0.438 e. The normalized spacial score (nSPS) is 19.7. The van der Waals surface area contributed by atoms with Crippen molar-refractivity contribution in [3.8, 4) is 0 Å². The van der Waals surface area contributed by atoms with Gasteiger partial charge in [-0.1, -0.05) is 6.42 Å². The summed E-state index contributed by atoms with van der Waals surface area (Å²) < 4.78 is 57.4. The predicted molar refractivity (Wildman–Crippen MR) is 111 cm³/mol. The van der Waals surface area contributed by atoms with Gasteiger partial charge in [-0.3, -0.25) is 9.10 Å². The van der Waals surface area contributed by atoms with Crippen molar-refractivity contribution in [1.82, 2.24) is 4.31 Å². The summed E-state index contributed by atoms with van der Waals surface area (Å²) in [4.78, 5) is 12.5. The Kier molecular flexibility index (Phi) is 5.60. The Morgan fingerprint density at radius 1 is 0.933 bits per heavy atom. The van der Waals surface area contributed by atoms with Gasteiger partial charge in [-0.2, -0.15) is 4.31 Å². The number of furan rings is 1. The van der Waals surface area contributed by atoms with E-state index in [0.717, 1.165) is 19.3 Å². The number of nitrogens with one attached hydrogen (secondary N) is 1. The Labute approximate surface area is 175 Å². The van der Waals surface area contributed by atoms with Crippen LogP contribution in [-0.4, -0.2) is 52.4 Å². The van der Waals surface area contributed by atoms with Crippen LogP contribution in [0.2, 0.25) is 0 Å². The molecule has 2 fully saturated rings. The summed E-state index contributed by atoms with van der Waals surface area (Å²) in [5.74, 6) is -0.569. The molecule has 0 spiro atoms. The maximum Gasteiger partial charge on any atom is 0.291 e. The topological polar surface area (TPSA) is 117 Å². The van der Waals surface area contributed by atoms with E-state index in [-0.39, 0.29) is 16.6 Å². The first-order valence-electron chi connectivity index (χ1n) is 9.79. The van der Waals surface area contributed by atoms with Crippen molar-refractivity contribution in [2.45, 2.75) is 30.8 Å². The SMILES string of the molecule is O=C(Nc1ccc(N2CCCS2(=O)=O)cc1)c1ccc(S(=O)(=O)N2CCCCC2)o1. The number of carbonyl (C=O) groups excluding carboxylic acids is 1. The highest BCUT2D eigenvalue weighted by atomic mass is 32.2. The number of hydrogen-bond acceptors (Lipinski definition) is 6. The summed E-state index contributed by atoms with van der Waals surface area (Å²) in [6.07, 6.45) is 3.20. The van der Waals surface area contributed by atoms with E-state index in [9.17, 15) is 21.6 Å². The lowest BCUT2D eigenvalue weighted by atomic mass is 10.2. The Morgan fingerprint density at radius 3 is 2.27 bits per heavy atom. The summed E-state index contributed by atoms with van der Waals surface area (Å²) in [6.45, 7) is 1.34. The fourth-order valence-electron chi connectivity index (χ4n) is 3.65. The van der Waals surface area contributed by atoms with Gasteiger partial charge < -0.3 is 9.73 Å². The molecule has 2 aliphatic heterocycles. The van der Waals surface area contributed by atoms with Gasteiger partial charge in [0.05, 0.1) is 11.4 Å². The number of benzene rings is 1. The van der Waals surface area contributed by atoms with E-state index in [1.807, 2.05) is 0 Å². The van der Waals surface area contributed by atoms with Crippen molar-refractivity contribution < 1.29 is 26.0 Å². The lowest BCUT2D eigenvalue weighted by Gasteiger charge is -2.24. The monoisotopic (exact) mass is 453 g/mol. The zero-order chi connectivity index (χ0) is 21.4. The molecule has 162 valence electrons. The van der Waals surface area contributed by atoms with Gasteiger partial charge in [-0.25, -0.2) is 16.8 Å². The Balaban J connectivity index is 1.44. The van der Waals surface area contributed by atoms with Crippen LogP contribution in [0, 0.1) is 0 Å². The van der Waals surface area contributed by atoms with E-state index < -0.39 is 26.0 Å². The average molecular weight is 454 g/mol. The number of sulfonamides is 2. The fraction of sp³-hybridized carbons (Fsp3) is 0.421.